The number of methoxy groups -OCH3 is 1. The average molecular weight is 340 g/mol. The molecule has 1 aliphatic heterocycles. The van der Waals surface area contributed by atoms with Crippen molar-refractivity contribution in [2.45, 2.75) is 13.0 Å². The van der Waals surface area contributed by atoms with Gasteiger partial charge >= 0.3 is 0 Å². The van der Waals surface area contributed by atoms with Crippen LogP contribution in [0.1, 0.15) is 18.5 Å². The third-order valence-electron chi connectivity index (χ3n) is 4.33. The lowest BCUT2D eigenvalue weighted by Crippen LogP contribution is -2.51. The Bertz CT molecular complexity index is 504. The minimum Gasteiger partial charge on any atom is -0.383 e. The second-order valence-electron chi connectivity index (χ2n) is 5.78. The lowest BCUT2D eigenvalue weighted by atomic mass is 10.1. The Morgan fingerprint density at radius 3 is 2.65 bits per heavy atom. The summed E-state index contributed by atoms with van der Waals surface area (Å²) < 4.78 is 4.96. The molecule has 0 saturated carbocycles. The van der Waals surface area contributed by atoms with Gasteiger partial charge in [0.2, 0.25) is 5.91 Å². The van der Waals surface area contributed by atoms with E-state index < -0.39 is 0 Å². The molecular weight excluding hydrogens is 314 g/mol. The number of nitrogens with zero attached hydrogens (tertiary/aromatic N) is 2. The Hall–Kier alpha value is -1.14. The number of benzene rings is 1. The second-order valence-corrected chi connectivity index (χ2v) is 6.19. The van der Waals surface area contributed by atoms with E-state index >= 15 is 0 Å². The molecule has 0 aromatic heterocycles. The first-order valence-corrected chi connectivity index (χ1v) is 8.47. The summed E-state index contributed by atoms with van der Waals surface area (Å²) in [4.78, 5) is 16.4. The Kier molecular flexibility index (Phi) is 7.30. The molecule has 1 saturated heterocycles. The van der Waals surface area contributed by atoms with Crippen LogP contribution in [0.15, 0.2) is 24.3 Å². The van der Waals surface area contributed by atoms with Crippen molar-refractivity contribution in [3.8, 4) is 0 Å². The highest BCUT2D eigenvalue weighted by Gasteiger charge is 2.25. The summed E-state index contributed by atoms with van der Waals surface area (Å²) in [5.74, 6) is 0.158. The fourth-order valence-electron chi connectivity index (χ4n) is 2.85. The molecule has 2 rings (SSSR count). The van der Waals surface area contributed by atoms with E-state index in [0.29, 0.717) is 19.7 Å². The topological polar surface area (TPSA) is 44.8 Å². The first-order chi connectivity index (χ1) is 11.1. The number of carbonyl (C=O) groups excluding carboxylic acids is 1. The Balaban J connectivity index is 1.79. The van der Waals surface area contributed by atoms with Gasteiger partial charge in [-0.05, 0) is 18.6 Å². The summed E-state index contributed by atoms with van der Waals surface area (Å²) in [6.45, 7) is 7.14. The second kappa shape index (κ2) is 9.23. The van der Waals surface area contributed by atoms with Gasteiger partial charge in [-0.2, -0.15) is 0 Å². The van der Waals surface area contributed by atoms with Crippen molar-refractivity contribution in [1.29, 1.82) is 0 Å². The zero-order valence-corrected chi connectivity index (χ0v) is 14.7. The standard InChI is InChI=1S/C17H26ClN3O2/c1-14(15-5-3-4-6-16(15)18)20-8-10-21(11-9-20)17(22)13-19-7-12-23-2/h3-6,14,19H,7-13H2,1-2H3. The minimum absolute atomic E-state index is 0.158. The van der Waals surface area contributed by atoms with Crippen molar-refractivity contribution >= 4 is 17.5 Å². The molecule has 1 unspecified atom stereocenters. The number of piperazine rings is 1. The predicted molar refractivity (Wildman–Crippen MR) is 92.8 cm³/mol. The molecule has 23 heavy (non-hydrogen) atoms. The number of carbonyl (C=O) groups is 1. The molecule has 1 N–H and O–H groups in total. The lowest BCUT2D eigenvalue weighted by molar-refractivity contribution is -0.132. The van der Waals surface area contributed by atoms with Gasteiger partial charge in [-0.15, -0.1) is 0 Å². The van der Waals surface area contributed by atoms with Crippen LogP contribution in [0.25, 0.3) is 0 Å². The SMILES string of the molecule is COCCNCC(=O)N1CCN(C(C)c2ccccc2Cl)CC1. The normalized spacial score (nSPS) is 17.3. The number of nitrogens with one attached hydrogen (secondary N) is 1. The maximum absolute atomic E-state index is 12.1. The van der Waals surface area contributed by atoms with Crippen molar-refractivity contribution in [2.24, 2.45) is 0 Å². The van der Waals surface area contributed by atoms with Crippen LogP contribution >= 0.6 is 11.6 Å². The minimum atomic E-state index is 0.158. The number of amides is 1. The van der Waals surface area contributed by atoms with Crippen molar-refractivity contribution in [3.05, 3.63) is 34.9 Å². The van der Waals surface area contributed by atoms with Gasteiger partial charge in [0, 0.05) is 50.9 Å². The summed E-state index contributed by atoms with van der Waals surface area (Å²) in [7, 11) is 1.66. The van der Waals surface area contributed by atoms with Gasteiger partial charge in [-0.3, -0.25) is 9.69 Å². The predicted octanol–water partition coefficient (Wildman–Crippen LogP) is 1.78. The summed E-state index contributed by atoms with van der Waals surface area (Å²) in [5.41, 5.74) is 1.15. The average Bonchev–Trinajstić information content (AvgIpc) is 2.58. The van der Waals surface area contributed by atoms with Gasteiger partial charge in [-0.1, -0.05) is 29.8 Å². The van der Waals surface area contributed by atoms with E-state index in [1.807, 2.05) is 23.1 Å². The highest BCUT2D eigenvalue weighted by atomic mass is 35.5. The van der Waals surface area contributed by atoms with Crippen molar-refractivity contribution in [1.82, 2.24) is 15.1 Å². The molecule has 1 fully saturated rings. The maximum atomic E-state index is 12.1. The number of hydrogen-bond acceptors (Lipinski definition) is 4. The Morgan fingerprint density at radius 1 is 1.30 bits per heavy atom. The van der Waals surface area contributed by atoms with Crippen molar-refractivity contribution < 1.29 is 9.53 Å². The maximum Gasteiger partial charge on any atom is 0.236 e. The van der Waals surface area contributed by atoms with Crippen molar-refractivity contribution in [2.75, 3.05) is 53.0 Å². The highest BCUT2D eigenvalue weighted by Crippen LogP contribution is 2.27. The van der Waals surface area contributed by atoms with E-state index in [2.05, 4.69) is 23.2 Å². The zero-order valence-electron chi connectivity index (χ0n) is 13.9. The molecule has 0 spiro atoms. The van der Waals surface area contributed by atoms with Gasteiger partial charge < -0.3 is 15.0 Å². The summed E-state index contributed by atoms with van der Waals surface area (Å²) >= 11 is 6.29. The van der Waals surface area contributed by atoms with Crippen LogP contribution in [0.5, 0.6) is 0 Å². The van der Waals surface area contributed by atoms with Crippen LogP contribution in [0.2, 0.25) is 5.02 Å². The first-order valence-electron chi connectivity index (χ1n) is 8.09. The van der Waals surface area contributed by atoms with Gasteiger partial charge in [0.1, 0.15) is 0 Å². The number of halogens is 1. The highest BCUT2D eigenvalue weighted by molar-refractivity contribution is 6.31. The third-order valence-corrected chi connectivity index (χ3v) is 4.67. The van der Waals surface area contributed by atoms with E-state index in [0.717, 1.165) is 36.8 Å². The molecule has 128 valence electrons. The fourth-order valence-corrected chi connectivity index (χ4v) is 3.14. The van der Waals surface area contributed by atoms with Crippen LogP contribution in [0.3, 0.4) is 0 Å². The smallest absolute Gasteiger partial charge is 0.236 e. The van der Waals surface area contributed by atoms with E-state index in [-0.39, 0.29) is 11.9 Å². The van der Waals surface area contributed by atoms with Gasteiger partial charge in [0.05, 0.1) is 13.2 Å². The summed E-state index contributed by atoms with van der Waals surface area (Å²) in [6, 6.07) is 8.23. The largest absolute Gasteiger partial charge is 0.383 e. The molecule has 1 aliphatic rings. The molecule has 1 amide bonds. The summed E-state index contributed by atoms with van der Waals surface area (Å²) in [6.07, 6.45) is 0. The molecule has 0 bridgehead atoms. The van der Waals surface area contributed by atoms with Crippen molar-refractivity contribution in [3.63, 3.8) is 0 Å². The van der Waals surface area contributed by atoms with Crippen LogP contribution < -0.4 is 5.32 Å². The first kappa shape index (κ1) is 18.2. The molecule has 5 nitrogen and oxygen atoms in total. The molecule has 1 aromatic rings. The summed E-state index contributed by atoms with van der Waals surface area (Å²) in [5, 5.41) is 3.91. The van der Waals surface area contributed by atoms with Crippen LogP contribution in [0.4, 0.5) is 0 Å². The third kappa shape index (κ3) is 5.18. The monoisotopic (exact) mass is 339 g/mol. The molecule has 1 atom stereocenters. The molecule has 1 aromatic carbocycles. The van der Waals surface area contributed by atoms with Crippen LogP contribution in [0, 0.1) is 0 Å². The molecule has 0 aliphatic carbocycles. The van der Waals surface area contributed by atoms with Gasteiger partial charge in [-0.25, -0.2) is 0 Å². The van der Waals surface area contributed by atoms with Crippen LogP contribution in [-0.2, 0) is 9.53 Å². The van der Waals surface area contributed by atoms with E-state index in [1.54, 1.807) is 7.11 Å². The van der Waals surface area contributed by atoms with Gasteiger partial charge in [0.25, 0.3) is 0 Å². The molecule has 0 radical (unpaired) electrons. The lowest BCUT2D eigenvalue weighted by Gasteiger charge is -2.38. The molecule has 1 heterocycles. The van der Waals surface area contributed by atoms with E-state index in [4.69, 9.17) is 16.3 Å². The van der Waals surface area contributed by atoms with E-state index in [9.17, 15) is 4.79 Å². The Labute approximate surface area is 143 Å². The molecule has 6 heteroatoms. The fraction of sp³-hybridized carbons (Fsp3) is 0.588. The number of hydrogen-bond donors (Lipinski definition) is 1. The molecular formula is C17H26ClN3O2. The van der Waals surface area contributed by atoms with Gasteiger partial charge in [0.15, 0.2) is 0 Å². The number of rotatable bonds is 7. The van der Waals surface area contributed by atoms with Crippen LogP contribution in [-0.4, -0.2) is 68.7 Å². The zero-order chi connectivity index (χ0) is 16.7. The number of ether oxygens (including phenoxy) is 1. The Morgan fingerprint density at radius 2 is 2.00 bits per heavy atom. The quantitative estimate of drug-likeness (QED) is 0.769. The van der Waals surface area contributed by atoms with E-state index in [1.165, 1.54) is 0 Å².